The topological polar surface area (TPSA) is 78.9 Å². The minimum Gasteiger partial charge on any atom is -0.462 e. The molecule has 0 rings (SSSR count). The highest BCUT2D eigenvalue weighted by molar-refractivity contribution is 5.71. The number of hydrogen-bond donors (Lipinski definition) is 0. The van der Waals surface area contributed by atoms with E-state index < -0.39 is 6.10 Å². The molecule has 0 N–H and O–H groups in total. The Kier molecular flexibility index (Phi) is 58.8. The van der Waals surface area contributed by atoms with Gasteiger partial charge in [0.05, 0.1) is 0 Å². The Morgan fingerprint density at radius 1 is 0.284 bits per heavy atom. The van der Waals surface area contributed by atoms with Gasteiger partial charge in [-0.15, -0.1) is 0 Å². The van der Waals surface area contributed by atoms with Crippen molar-refractivity contribution in [2.45, 2.75) is 303 Å². The molecule has 0 aromatic rings. The van der Waals surface area contributed by atoms with Crippen LogP contribution in [0.3, 0.4) is 0 Å². The zero-order valence-electron chi connectivity index (χ0n) is 48.6. The van der Waals surface area contributed by atoms with Gasteiger partial charge in [-0.05, 0) is 109 Å². The van der Waals surface area contributed by atoms with Crippen molar-refractivity contribution in [2.24, 2.45) is 0 Å². The first-order valence-corrected chi connectivity index (χ1v) is 31.2. The van der Waals surface area contributed by atoms with Gasteiger partial charge in [0, 0.05) is 19.3 Å². The van der Waals surface area contributed by atoms with E-state index in [0.717, 1.165) is 77.0 Å². The Bertz CT molecular complexity index is 1460. The van der Waals surface area contributed by atoms with E-state index in [0.29, 0.717) is 19.3 Å². The summed E-state index contributed by atoms with van der Waals surface area (Å²) in [7, 11) is 0. The van der Waals surface area contributed by atoms with E-state index in [1.807, 2.05) is 6.08 Å². The number of hydrogen-bond acceptors (Lipinski definition) is 6. The molecule has 0 aliphatic rings. The monoisotopic (exact) mass is 1030 g/mol. The fourth-order valence-corrected chi connectivity index (χ4v) is 8.64. The first kappa shape index (κ1) is 70.3. The van der Waals surface area contributed by atoms with Crippen LogP contribution in [0.1, 0.15) is 297 Å². The minimum atomic E-state index is -0.812. The van der Waals surface area contributed by atoms with Crippen LogP contribution in [-0.2, 0) is 28.6 Å². The van der Waals surface area contributed by atoms with Crippen LogP contribution in [0.15, 0.2) is 97.2 Å². The Labute approximate surface area is 457 Å². The van der Waals surface area contributed by atoms with Gasteiger partial charge in [0.15, 0.2) is 6.10 Å². The zero-order valence-corrected chi connectivity index (χ0v) is 48.6. The number of carbonyl (C=O) groups is 3. The van der Waals surface area contributed by atoms with E-state index in [1.165, 1.54) is 173 Å². The molecule has 0 radical (unpaired) electrons. The Morgan fingerprint density at radius 2 is 0.554 bits per heavy atom. The summed E-state index contributed by atoms with van der Waals surface area (Å²) >= 11 is 0. The lowest BCUT2D eigenvalue weighted by Gasteiger charge is -2.18. The van der Waals surface area contributed by atoms with Crippen molar-refractivity contribution in [1.82, 2.24) is 0 Å². The summed E-state index contributed by atoms with van der Waals surface area (Å²) in [5, 5.41) is 0. The molecule has 0 aliphatic heterocycles. The molecule has 1 atom stereocenters. The Hall–Kier alpha value is -3.67. The molecular formula is C68H116O6. The van der Waals surface area contributed by atoms with Gasteiger partial charge >= 0.3 is 17.9 Å². The van der Waals surface area contributed by atoms with Crippen molar-refractivity contribution in [1.29, 1.82) is 0 Å². The number of ether oxygens (including phenoxy) is 3. The van der Waals surface area contributed by atoms with Crippen molar-refractivity contribution >= 4 is 17.9 Å². The van der Waals surface area contributed by atoms with Crippen molar-refractivity contribution < 1.29 is 28.6 Å². The van der Waals surface area contributed by atoms with Crippen LogP contribution in [0.5, 0.6) is 0 Å². The number of unbranched alkanes of at least 4 members (excludes halogenated alkanes) is 29. The largest absolute Gasteiger partial charge is 0.462 e. The van der Waals surface area contributed by atoms with E-state index in [4.69, 9.17) is 14.2 Å². The maximum absolute atomic E-state index is 12.9. The Balaban J connectivity index is 4.37. The first-order chi connectivity index (χ1) is 36.5. The average Bonchev–Trinajstić information content (AvgIpc) is 3.40. The van der Waals surface area contributed by atoms with Gasteiger partial charge in [-0.25, -0.2) is 0 Å². The SMILES string of the molecule is CC/C=C\C/C=C\C/C=C\C/C=C\CCC(=O)OCC(COC(=O)CCCCCCCCCCCC/C=C\C/C=C\C/C=C\CCCCCCC)OC(=O)CCCCCCCCC/C=C\CCCCCCCCC. The molecule has 0 aromatic carbocycles. The molecule has 6 heteroatoms. The summed E-state index contributed by atoms with van der Waals surface area (Å²) < 4.78 is 16.8. The van der Waals surface area contributed by atoms with Gasteiger partial charge < -0.3 is 14.2 Å². The standard InChI is InChI=1S/C68H116O6/c1-4-7-10-13-16-19-22-25-27-29-31-32-33-34-35-36-37-39-40-43-46-49-52-55-58-61-67(70)73-64-65(63-72-66(69)60-57-54-51-48-45-42-24-21-18-15-12-9-6-3)74-68(71)62-59-56-53-50-47-44-41-38-30-28-26-23-20-17-14-11-8-5-2/h9,12,18,21-22,25,28-31,33-34,42,45,51,54,65H,4-8,10-11,13-17,19-20,23-24,26-27,32,35-41,43-44,46-50,52-53,55-64H2,1-3H3/b12-9-,21-18-,25-22-,30-28-,31-29-,34-33-,45-42-,54-51-. The molecule has 424 valence electrons. The summed E-state index contributed by atoms with van der Waals surface area (Å²) in [6, 6.07) is 0. The van der Waals surface area contributed by atoms with Crippen LogP contribution in [-0.4, -0.2) is 37.2 Å². The van der Waals surface area contributed by atoms with E-state index in [-0.39, 0.29) is 37.5 Å². The quantitative estimate of drug-likeness (QED) is 0.0261. The van der Waals surface area contributed by atoms with Crippen molar-refractivity contribution in [3.63, 3.8) is 0 Å². The third-order valence-electron chi connectivity index (χ3n) is 13.3. The maximum atomic E-state index is 12.9. The van der Waals surface area contributed by atoms with Gasteiger partial charge in [-0.3, -0.25) is 14.4 Å². The number of rotatable bonds is 56. The van der Waals surface area contributed by atoms with Crippen LogP contribution >= 0.6 is 0 Å². The van der Waals surface area contributed by atoms with Crippen molar-refractivity contribution in [3.8, 4) is 0 Å². The second-order valence-corrected chi connectivity index (χ2v) is 20.6. The summed E-state index contributed by atoms with van der Waals surface area (Å²) in [6.45, 7) is 6.46. The van der Waals surface area contributed by atoms with E-state index in [1.54, 1.807) is 0 Å². The van der Waals surface area contributed by atoms with E-state index in [2.05, 4.69) is 112 Å². The molecule has 0 spiro atoms. The molecule has 0 aromatic heterocycles. The number of allylic oxidation sites excluding steroid dienone is 16. The molecule has 0 amide bonds. The molecule has 0 saturated heterocycles. The minimum absolute atomic E-state index is 0.103. The maximum Gasteiger partial charge on any atom is 0.306 e. The van der Waals surface area contributed by atoms with Crippen molar-refractivity contribution in [3.05, 3.63) is 97.2 Å². The molecular weight excluding hydrogens is 913 g/mol. The third kappa shape index (κ3) is 59.2. The smallest absolute Gasteiger partial charge is 0.306 e. The molecule has 0 aliphatic carbocycles. The van der Waals surface area contributed by atoms with E-state index >= 15 is 0 Å². The summed E-state index contributed by atoms with van der Waals surface area (Å²) in [5.74, 6) is -0.989. The fourth-order valence-electron chi connectivity index (χ4n) is 8.64. The van der Waals surface area contributed by atoms with Gasteiger partial charge in [0.25, 0.3) is 0 Å². The molecule has 74 heavy (non-hydrogen) atoms. The van der Waals surface area contributed by atoms with Crippen LogP contribution < -0.4 is 0 Å². The van der Waals surface area contributed by atoms with Crippen LogP contribution in [0.4, 0.5) is 0 Å². The lowest BCUT2D eigenvalue weighted by atomic mass is 10.1. The van der Waals surface area contributed by atoms with Crippen LogP contribution in [0, 0.1) is 0 Å². The van der Waals surface area contributed by atoms with Gasteiger partial charge in [0.2, 0.25) is 0 Å². The van der Waals surface area contributed by atoms with Crippen LogP contribution in [0.25, 0.3) is 0 Å². The molecule has 0 fully saturated rings. The molecule has 0 heterocycles. The highest BCUT2D eigenvalue weighted by Crippen LogP contribution is 2.15. The normalized spacial score (nSPS) is 12.7. The van der Waals surface area contributed by atoms with Crippen molar-refractivity contribution in [2.75, 3.05) is 13.2 Å². The summed E-state index contributed by atoms with van der Waals surface area (Å²) in [5.41, 5.74) is 0. The van der Waals surface area contributed by atoms with Gasteiger partial charge in [0.1, 0.15) is 13.2 Å². The zero-order chi connectivity index (χ0) is 53.6. The Morgan fingerprint density at radius 3 is 0.919 bits per heavy atom. The molecule has 6 nitrogen and oxygen atoms in total. The van der Waals surface area contributed by atoms with Crippen LogP contribution in [0.2, 0.25) is 0 Å². The second-order valence-electron chi connectivity index (χ2n) is 20.6. The first-order valence-electron chi connectivity index (χ1n) is 31.2. The summed E-state index contributed by atoms with van der Waals surface area (Å²) in [4.78, 5) is 38.2. The third-order valence-corrected chi connectivity index (χ3v) is 13.3. The predicted molar refractivity (Wildman–Crippen MR) is 320 cm³/mol. The fraction of sp³-hybridized carbons (Fsp3) is 0.721. The lowest BCUT2D eigenvalue weighted by Crippen LogP contribution is -2.30. The lowest BCUT2D eigenvalue weighted by molar-refractivity contribution is -0.166. The number of esters is 3. The van der Waals surface area contributed by atoms with Gasteiger partial charge in [-0.1, -0.05) is 266 Å². The highest BCUT2D eigenvalue weighted by Gasteiger charge is 2.19. The summed E-state index contributed by atoms with van der Waals surface area (Å²) in [6.07, 6.45) is 82.8. The molecule has 0 bridgehead atoms. The number of carbonyl (C=O) groups excluding carboxylic acids is 3. The molecule has 1 unspecified atom stereocenters. The van der Waals surface area contributed by atoms with E-state index in [9.17, 15) is 14.4 Å². The second kappa shape index (κ2) is 61.9. The highest BCUT2D eigenvalue weighted by atomic mass is 16.6. The van der Waals surface area contributed by atoms with Gasteiger partial charge in [-0.2, -0.15) is 0 Å². The average molecular weight is 1030 g/mol. The molecule has 0 saturated carbocycles. The predicted octanol–water partition coefficient (Wildman–Crippen LogP) is 21.3.